The number of rotatable bonds is 12. The van der Waals surface area contributed by atoms with Crippen LogP contribution in [0.4, 0.5) is 16.2 Å². The number of urea groups is 1. The highest BCUT2D eigenvalue weighted by atomic mass is 16.2. The van der Waals surface area contributed by atoms with Crippen molar-refractivity contribution >= 4 is 41.0 Å². The fraction of sp³-hybridized carbons (Fsp3) is 0.381. The Morgan fingerprint density at radius 2 is 1.58 bits per heavy atom. The number of benzene rings is 1. The molecule has 1 aliphatic rings. The summed E-state index contributed by atoms with van der Waals surface area (Å²) in [6.07, 6.45) is 3.21. The number of nitrogens with zero attached hydrogens (tertiary/aromatic N) is 1. The average Bonchev–Trinajstić information content (AvgIpc) is 3.06. The third-order valence-corrected chi connectivity index (χ3v) is 4.61. The first-order valence-corrected chi connectivity index (χ1v) is 10.4. The molecule has 2 rings (SSSR count). The highest BCUT2D eigenvalue weighted by molar-refractivity contribution is 6.15. The van der Waals surface area contributed by atoms with Gasteiger partial charge in [-0.15, -0.1) is 0 Å². The number of nitrogens with one attached hydrogen (secondary N) is 4. The van der Waals surface area contributed by atoms with Crippen molar-refractivity contribution in [3.63, 3.8) is 0 Å². The van der Waals surface area contributed by atoms with E-state index in [4.69, 9.17) is 11.5 Å². The minimum atomic E-state index is -0.623. The number of hydrogen-bond acceptors (Lipinski definition) is 7. The molecule has 0 spiro atoms. The summed E-state index contributed by atoms with van der Waals surface area (Å²) in [4.78, 5) is 59.5. The van der Waals surface area contributed by atoms with Gasteiger partial charge in [0.15, 0.2) is 0 Å². The molecule has 1 aliphatic heterocycles. The molecule has 33 heavy (non-hydrogen) atoms. The van der Waals surface area contributed by atoms with Crippen LogP contribution in [-0.2, 0) is 19.2 Å². The lowest BCUT2D eigenvalue weighted by Crippen LogP contribution is -2.45. The summed E-state index contributed by atoms with van der Waals surface area (Å²) in [6.45, 7) is 2.21. The van der Waals surface area contributed by atoms with E-state index < -0.39 is 29.8 Å². The number of carbonyl (C=O) groups excluding carboxylic acids is 5. The molecule has 0 aromatic heterocycles. The lowest BCUT2D eigenvalue weighted by atomic mass is 10.1. The Morgan fingerprint density at radius 3 is 2.12 bits per heavy atom. The second kappa shape index (κ2) is 12.3. The van der Waals surface area contributed by atoms with Crippen molar-refractivity contribution in [1.29, 1.82) is 0 Å². The van der Waals surface area contributed by atoms with E-state index >= 15 is 0 Å². The summed E-state index contributed by atoms with van der Waals surface area (Å²) in [6, 6.07) is 5.09. The Labute approximate surface area is 191 Å². The monoisotopic (exact) mass is 459 g/mol. The zero-order valence-electron chi connectivity index (χ0n) is 18.3. The molecule has 178 valence electrons. The lowest BCUT2D eigenvalue weighted by Gasteiger charge is -2.20. The van der Waals surface area contributed by atoms with Crippen LogP contribution in [-0.4, -0.2) is 66.3 Å². The van der Waals surface area contributed by atoms with Crippen LogP contribution in [0.2, 0.25) is 0 Å². The lowest BCUT2D eigenvalue weighted by molar-refractivity contribution is -0.139. The van der Waals surface area contributed by atoms with Gasteiger partial charge in [0, 0.05) is 42.7 Å². The summed E-state index contributed by atoms with van der Waals surface area (Å²) in [5, 5.41) is 11.0. The smallest absolute Gasteiger partial charge is 0.312 e. The van der Waals surface area contributed by atoms with Crippen molar-refractivity contribution in [2.24, 2.45) is 11.5 Å². The third-order valence-electron chi connectivity index (χ3n) is 4.61. The molecule has 0 fully saturated rings. The van der Waals surface area contributed by atoms with Crippen molar-refractivity contribution in [3.05, 3.63) is 36.4 Å². The van der Waals surface area contributed by atoms with E-state index in [9.17, 15) is 24.0 Å². The number of primary amides is 1. The predicted molar refractivity (Wildman–Crippen MR) is 122 cm³/mol. The molecule has 0 aliphatic carbocycles. The van der Waals surface area contributed by atoms with E-state index in [1.807, 2.05) is 6.92 Å². The summed E-state index contributed by atoms with van der Waals surface area (Å²) >= 11 is 0. The van der Waals surface area contributed by atoms with Gasteiger partial charge in [-0.1, -0.05) is 0 Å². The van der Waals surface area contributed by atoms with E-state index in [-0.39, 0.29) is 18.5 Å². The normalized spacial score (nSPS) is 14.7. The van der Waals surface area contributed by atoms with E-state index in [0.29, 0.717) is 37.3 Å². The maximum absolute atomic E-state index is 12.7. The van der Waals surface area contributed by atoms with Crippen LogP contribution < -0.4 is 32.7 Å². The Bertz CT molecular complexity index is 896. The number of hydrogen-bond donors (Lipinski definition) is 6. The van der Waals surface area contributed by atoms with Gasteiger partial charge in [-0.25, -0.2) is 4.79 Å². The van der Waals surface area contributed by atoms with Crippen LogP contribution in [0.5, 0.6) is 0 Å². The maximum Gasteiger partial charge on any atom is 0.312 e. The number of nitrogens with two attached hydrogens (primary N) is 2. The van der Waals surface area contributed by atoms with E-state index in [1.54, 1.807) is 24.3 Å². The van der Waals surface area contributed by atoms with Crippen molar-refractivity contribution in [1.82, 2.24) is 15.5 Å². The summed E-state index contributed by atoms with van der Waals surface area (Å²) in [5.74, 6) is -1.87. The van der Waals surface area contributed by atoms with Crippen molar-refractivity contribution < 1.29 is 24.0 Å². The number of amides is 6. The van der Waals surface area contributed by atoms with Crippen LogP contribution in [0, 0.1) is 0 Å². The van der Waals surface area contributed by atoms with Gasteiger partial charge in [0.05, 0.1) is 6.04 Å². The molecule has 8 N–H and O–H groups in total. The van der Waals surface area contributed by atoms with Crippen LogP contribution in [0.1, 0.15) is 19.8 Å². The molecule has 0 saturated carbocycles. The van der Waals surface area contributed by atoms with Crippen molar-refractivity contribution in [3.8, 4) is 0 Å². The number of carbonyl (C=O) groups is 5. The Balaban J connectivity index is 1.88. The minimum Gasteiger partial charge on any atom is -0.352 e. The largest absolute Gasteiger partial charge is 0.352 e. The number of anilines is 2. The SMILES string of the molecule is C[C@H](N)CN[C@@H](CCCNC(N)=O)C(=O)Nc1ccc(NC(=O)CN2C(=O)C=CC2=O)cc1. The summed E-state index contributed by atoms with van der Waals surface area (Å²) in [5.41, 5.74) is 11.8. The number of imide groups is 1. The first-order valence-electron chi connectivity index (χ1n) is 10.4. The molecule has 0 bridgehead atoms. The molecule has 1 aromatic carbocycles. The third kappa shape index (κ3) is 8.71. The van der Waals surface area contributed by atoms with E-state index in [1.165, 1.54) is 0 Å². The molecule has 12 nitrogen and oxygen atoms in total. The van der Waals surface area contributed by atoms with Crippen LogP contribution in [0.25, 0.3) is 0 Å². The van der Waals surface area contributed by atoms with Gasteiger partial charge < -0.3 is 32.7 Å². The van der Waals surface area contributed by atoms with E-state index in [0.717, 1.165) is 17.1 Å². The first kappa shape index (κ1) is 25.5. The van der Waals surface area contributed by atoms with Crippen LogP contribution >= 0.6 is 0 Å². The maximum atomic E-state index is 12.7. The van der Waals surface area contributed by atoms with Crippen molar-refractivity contribution in [2.45, 2.75) is 31.8 Å². The van der Waals surface area contributed by atoms with Gasteiger partial charge >= 0.3 is 6.03 Å². The Morgan fingerprint density at radius 1 is 1.00 bits per heavy atom. The minimum absolute atomic E-state index is 0.145. The molecule has 1 heterocycles. The highest BCUT2D eigenvalue weighted by Gasteiger charge is 2.25. The molecular formula is C21H29N7O5. The standard InChI is InChI=1S/C21H29N7O5/c1-13(22)11-25-16(3-2-10-24-21(23)33)20(32)27-15-6-4-14(5-7-15)26-17(29)12-28-18(30)8-9-19(28)31/h4-9,13,16,25H,2-3,10-12,22H2,1H3,(H,26,29)(H,27,32)(H3,23,24,33)/t13-,16-/m0/s1. The van der Waals surface area contributed by atoms with Gasteiger partial charge in [0.1, 0.15) is 6.54 Å². The summed E-state index contributed by atoms with van der Waals surface area (Å²) in [7, 11) is 0. The molecule has 0 unspecified atom stereocenters. The quantitative estimate of drug-likeness (QED) is 0.175. The van der Waals surface area contributed by atoms with Gasteiger partial charge in [0.2, 0.25) is 11.8 Å². The Kier molecular flexibility index (Phi) is 9.51. The Hall–Kier alpha value is -3.77. The second-order valence-electron chi connectivity index (χ2n) is 7.58. The van der Waals surface area contributed by atoms with Crippen LogP contribution in [0.3, 0.4) is 0 Å². The zero-order chi connectivity index (χ0) is 24.4. The van der Waals surface area contributed by atoms with Gasteiger partial charge in [-0.05, 0) is 44.0 Å². The fourth-order valence-electron chi connectivity index (χ4n) is 2.97. The second-order valence-corrected chi connectivity index (χ2v) is 7.58. The van der Waals surface area contributed by atoms with Crippen molar-refractivity contribution in [2.75, 3.05) is 30.3 Å². The molecule has 0 saturated heterocycles. The molecular weight excluding hydrogens is 430 g/mol. The average molecular weight is 460 g/mol. The van der Waals surface area contributed by atoms with Gasteiger partial charge in [0.25, 0.3) is 11.8 Å². The zero-order valence-corrected chi connectivity index (χ0v) is 18.3. The fourth-order valence-corrected chi connectivity index (χ4v) is 2.97. The van der Waals surface area contributed by atoms with E-state index in [2.05, 4.69) is 21.3 Å². The van der Waals surface area contributed by atoms with Gasteiger partial charge in [-0.3, -0.25) is 24.1 Å². The summed E-state index contributed by atoms with van der Waals surface area (Å²) < 4.78 is 0. The molecule has 1 aromatic rings. The topological polar surface area (TPSA) is 189 Å². The molecule has 0 radical (unpaired) electrons. The predicted octanol–water partition coefficient (Wildman–Crippen LogP) is -0.757. The highest BCUT2D eigenvalue weighted by Crippen LogP contribution is 2.15. The molecule has 6 amide bonds. The van der Waals surface area contributed by atoms with Gasteiger partial charge in [-0.2, -0.15) is 0 Å². The molecule has 2 atom stereocenters. The molecule has 12 heteroatoms. The first-order chi connectivity index (χ1) is 15.7. The van der Waals surface area contributed by atoms with Crippen LogP contribution in [0.15, 0.2) is 36.4 Å².